The van der Waals surface area contributed by atoms with E-state index in [1.807, 2.05) is 54.3 Å². The Bertz CT molecular complexity index is 1200. The van der Waals surface area contributed by atoms with Gasteiger partial charge in [0, 0.05) is 13.1 Å². The predicted octanol–water partition coefficient (Wildman–Crippen LogP) is 4.71. The highest BCUT2D eigenvalue weighted by molar-refractivity contribution is 8.14. The van der Waals surface area contributed by atoms with Crippen LogP contribution in [0, 0.1) is 18.8 Å². The van der Waals surface area contributed by atoms with E-state index in [0.717, 1.165) is 36.3 Å². The summed E-state index contributed by atoms with van der Waals surface area (Å²) in [7, 11) is 0. The highest BCUT2D eigenvalue weighted by atomic mass is 32.2. The lowest BCUT2D eigenvalue weighted by Crippen LogP contribution is -2.43. The summed E-state index contributed by atoms with van der Waals surface area (Å²) in [6, 6.07) is 13.3. The Morgan fingerprint density at radius 1 is 1.09 bits per heavy atom. The summed E-state index contributed by atoms with van der Waals surface area (Å²) in [5, 5.41) is 0.511. The van der Waals surface area contributed by atoms with Gasteiger partial charge >= 0.3 is 0 Å². The average molecular weight is 492 g/mol. The molecule has 0 spiro atoms. The van der Waals surface area contributed by atoms with Crippen molar-refractivity contribution in [2.75, 3.05) is 30.5 Å². The number of carbonyl (C=O) groups excluding carboxylic acids is 2. The van der Waals surface area contributed by atoms with Crippen molar-refractivity contribution in [3.05, 3.63) is 59.3 Å². The zero-order valence-electron chi connectivity index (χ0n) is 20.2. The quantitative estimate of drug-likeness (QED) is 0.580. The van der Waals surface area contributed by atoms with Crippen LogP contribution in [0.5, 0.6) is 11.5 Å². The van der Waals surface area contributed by atoms with Crippen molar-refractivity contribution in [1.82, 2.24) is 4.90 Å². The van der Waals surface area contributed by atoms with Crippen molar-refractivity contribution >= 4 is 40.5 Å². The third-order valence-electron chi connectivity index (χ3n) is 6.37. The van der Waals surface area contributed by atoms with Gasteiger partial charge in [-0.05, 0) is 61.1 Å². The molecular formula is C27H29N3O4S. The van der Waals surface area contributed by atoms with E-state index in [2.05, 4.69) is 18.8 Å². The van der Waals surface area contributed by atoms with Crippen molar-refractivity contribution < 1.29 is 19.1 Å². The van der Waals surface area contributed by atoms with Gasteiger partial charge in [-0.3, -0.25) is 14.5 Å². The number of anilines is 1. The summed E-state index contributed by atoms with van der Waals surface area (Å²) in [5.74, 6) is 2.44. The van der Waals surface area contributed by atoms with Gasteiger partial charge in [-0.25, -0.2) is 4.99 Å². The standard InChI is InChI=1S/C27H29N3O4S/c1-17-4-7-21(8-5-17)30-26(32)22(11-20-6-9-23-24(12-20)34-16-33-23)28-27(30)35-15-25(31)29-13-18(2)10-19(3)14-29/h4-9,11-12,18-19H,10,13-16H2,1-3H3. The lowest BCUT2D eigenvalue weighted by Gasteiger charge is -2.35. The predicted molar refractivity (Wildman–Crippen MR) is 139 cm³/mol. The first-order chi connectivity index (χ1) is 16.9. The first-order valence-electron chi connectivity index (χ1n) is 11.9. The van der Waals surface area contributed by atoms with Gasteiger partial charge in [0.05, 0.1) is 11.4 Å². The third-order valence-corrected chi connectivity index (χ3v) is 7.29. The summed E-state index contributed by atoms with van der Waals surface area (Å²) >= 11 is 1.31. The molecule has 0 aromatic heterocycles. The van der Waals surface area contributed by atoms with Crippen LogP contribution in [0.25, 0.3) is 6.08 Å². The number of carbonyl (C=O) groups is 2. The minimum Gasteiger partial charge on any atom is -0.454 e. The zero-order chi connectivity index (χ0) is 24.5. The van der Waals surface area contributed by atoms with E-state index < -0.39 is 0 Å². The minimum atomic E-state index is -0.221. The van der Waals surface area contributed by atoms with Crippen molar-refractivity contribution in [2.45, 2.75) is 27.2 Å². The molecule has 2 unspecified atom stereocenters. The first kappa shape index (κ1) is 23.5. The average Bonchev–Trinajstić information content (AvgIpc) is 3.41. The van der Waals surface area contributed by atoms with Gasteiger partial charge in [-0.1, -0.05) is 49.4 Å². The number of aryl methyl sites for hydroxylation is 1. The van der Waals surface area contributed by atoms with Gasteiger partial charge in [-0.2, -0.15) is 0 Å². The van der Waals surface area contributed by atoms with Crippen LogP contribution in [0.4, 0.5) is 5.69 Å². The summed E-state index contributed by atoms with van der Waals surface area (Å²) in [6.45, 7) is 8.14. The SMILES string of the molecule is Cc1ccc(N2C(=O)C(=Cc3ccc4c(c3)OCO4)N=C2SCC(=O)N2CC(C)CC(C)C2)cc1. The van der Waals surface area contributed by atoms with E-state index in [9.17, 15) is 9.59 Å². The number of hydrogen-bond donors (Lipinski definition) is 0. The van der Waals surface area contributed by atoms with Gasteiger partial charge in [0.1, 0.15) is 5.70 Å². The molecule has 1 fully saturated rings. The third kappa shape index (κ3) is 5.07. The van der Waals surface area contributed by atoms with Crippen LogP contribution in [-0.2, 0) is 9.59 Å². The van der Waals surface area contributed by atoms with E-state index in [1.165, 1.54) is 11.8 Å². The van der Waals surface area contributed by atoms with Crippen LogP contribution in [-0.4, -0.2) is 47.5 Å². The first-order valence-corrected chi connectivity index (χ1v) is 12.9. The van der Waals surface area contributed by atoms with Crippen LogP contribution >= 0.6 is 11.8 Å². The lowest BCUT2D eigenvalue weighted by atomic mass is 9.92. The Balaban J connectivity index is 1.39. The molecule has 182 valence electrons. The van der Waals surface area contributed by atoms with Crippen molar-refractivity contribution in [2.24, 2.45) is 16.8 Å². The number of fused-ring (bicyclic) bond motifs is 1. The molecule has 5 rings (SSSR count). The molecule has 7 nitrogen and oxygen atoms in total. The molecule has 0 saturated carbocycles. The number of piperidine rings is 1. The fourth-order valence-electron chi connectivity index (χ4n) is 4.76. The van der Waals surface area contributed by atoms with Gasteiger partial charge in [0.25, 0.3) is 5.91 Å². The van der Waals surface area contributed by atoms with Crippen LogP contribution in [0.15, 0.2) is 53.2 Å². The highest BCUT2D eigenvalue weighted by Gasteiger charge is 2.33. The van der Waals surface area contributed by atoms with Crippen LogP contribution < -0.4 is 14.4 Å². The molecule has 3 heterocycles. The molecule has 0 N–H and O–H groups in total. The molecular weight excluding hydrogens is 462 g/mol. The van der Waals surface area contributed by atoms with Gasteiger partial charge in [0.2, 0.25) is 12.7 Å². The molecule has 3 aliphatic heterocycles. The molecule has 3 aliphatic rings. The fraction of sp³-hybridized carbons (Fsp3) is 0.370. The largest absolute Gasteiger partial charge is 0.454 e. The molecule has 35 heavy (non-hydrogen) atoms. The second-order valence-corrected chi connectivity index (χ2v) is 10.5. The van der Waals surface area contributed by atoms with Crippen molar-refractivity contribution in [3.8, 4) is 11.5 Å². The number of ether oxygens (including phenoxy) is 2. The number of aliphatic imine (C=N–C) groups is 1. The second kappa shape index (κ2) is 9.77. The van der Waals surface area contributed by atoms with Gasteiger partial charge in [-0.15, -0.1) is 0 Å². The molecule has 1 saturated heterocycles. The van der Waals surface area contributed by atoms with Crippen LogP contribution in [0.3, 0.4) is 0 Å². The Morgan fingerprint density at radius 3 is 2.54 bits per heavy atom. The molecule has 0 radical (unpaired) electrons. The Hall–Kier alpha value is -3.26. The van der Waals surface area contributed by atoms with Gasteiger partial charge in [0.15, 0.2) is 16.7 Å². The number of rotatable bonds is 4. The number of likely N-dealkylation sites (tertiary alicyclic amines) is 1. The summed E-state index contributed by atoms with van der Waals surface area (Å²) in [4.78, 5) is 34.7. The number of nitrogens with zero attached hydrogens (tertiary/aromatic N) is 3. The van der Waals surface area contributed by atoms with Crippen molar-refractivity contribution in [1.29, 1.82) is 0 Å². The molecule has 2 aromatic rings. The maximum Gasteiger partial charge on any atom is 0.283 e. The molecule has 2 atom stereocenters. The smallest absolute Gasteiger partial charge is 0.283 e. The fourth-order valence-corrected chi connectivity index (χ4v) is 5.68. The second-order valence-electron chi connectivity index (χ2n) is 9.55. The van der Waals surface area contributed by atoms with Crippen molar-refractivity contribution in [3.63, 3.8) is 0 Å². The van der Waals surface area contributed by atoms with E-state index in [0.29, 0.717) is 34.2 Å². The molecule has 0 bridgehead atoms. The topological polar surface area (TPSA) is 71.4 Å². The van der Waals surface area contributed by atoms with Gasteiger partial charge < -0.3 is 14.4 Å². The zero-order valence-corrected chi connectivity index (χ0v) is 21.0. The number of amides is 2. The van der Waals surface area contributed by atoms with Crippen LogP contribution in [0.2, 0.25) is 0 Å². The van der Waals surface area contributed by atoms with E-state index in [1.54, 1.807) is 11.0 Å². The molecule has 0 aliphatic carbocycles. The monoisotopic (exact) mass is 491 g/mol. The number of thioether (sulfide) groups is 1. The summed E-state index contributed by atoms with van der Waals surface area (Å²) in [5.41, 5.74) is 2.95. The van der Waals surface area contributed by atoms with E-state index >= 15 is 0 Å². The number of benzene rings is 2. The number of hydrogen-bond acceptors (Lipinski definition) is 6. The minimum absolute atomic E-state index is 0.0839. The van der Waals surface area contributed by atoms with E-state index in [4.69, 9.17) is 9.47 Å². The molecule has 2 amide bonds. The lowest BCUT2D eigenvalue weighted by molar-refractivity contribution is -0.131. The Kier molecular flexibility index (Phi) is 6.56. The number of amidine groups is 1. The highest BCUT2D eigenvalue weighted by Crippen LogP contribution is 2.35. The maximum atomic E-state index is 13.5. The summed E-state index contributed by atoms with van der Waals surface area (Å²) in [6.07, 6.45) is 2.89. The van der Waals surface area contributed by atoms with E-state index in [-0.39, 0.29) is 24.4 Å². The Morgan fingerprint density at radius 2 is 1.80 bits per heavy atom. The Labute approximate surface area is 209 Å². The molecule has 2 aromatic carbocycles. The maximum absolute atomic E-state index is 13.5. The summed E-state index contributed by atoms with van der Waals surface area (Å²) < 4.78 is 10.8. The van der Waals surface area contributed by atoms with Crippen LogP contribution in [0.1, 0.15) is 31.4 Å². The normalized spacial score (nSPS) is 22.7. The molecule has 8 heteroatoms.